The van der Waals surface area contributed by atoms with Crippen LogP contribution in [0.25, 0.3) is 0 Å². The van der Waals surface area contributed by atoms with Gasteiger partial charge in [0.05, 0.1) is 0 Å². The first-order chi connectivity index (χ1) is 7.13. The van der Waals surface area contributed by atoms with E-state index in [1.165, 1.54) is 19.3 Å². The molecule has 15 heavy (non-hydrogen) atoms. The van der Waals surface area contributed by atoms with Crippen molar-refractivity contribution >= 4 is 5.91 Å². The topological polar surface area (TPSA) is 23.6 Å². The average Bonchev–Trinajstić information content (AvgIpc) is 2.26. The molecule has 0 aromatic heterocycles. The van der Waals surface area contributed by atoms with Crippen molar-refractivity contribution in [3.05, 3.63) is 0 Å². The smallest absolute Gasteiger partial charge is 0.223 e. The van der Waals surface area contributed by atoms with Gasteiger partial charge in [-0.05, 0) is 32.9 Å². The quantitative estimate of drug-likeness (QED) is 0.706. The van der Waals surface area contributed by atoms with Crippen molar-refractivity contribution in [2.24, 2.45) is 5.92 Å². The van der Waals surface area contributed by atoms with Crippen LogP contribution in [0, 0.1) is 5.92 Å². The van der Waals surface area contributed by atoms with Crippen molar-refractivity contribution in [2.75, 3.05) is 33.7 Å². The maximum absolute atomic E-state index is 11.9. The Labute approximate surface area is 93.4 Å². The minimum Gasteiger partial charge on any atom is -0.342 e. The van der Waals surface area contributed by atoms with Gasteiger partial charge >= 0.3 is 0 Å². The monoisotopic (exact) mass is 212 g/mol. The molecule has 1 aliphatic heterocycles. The molecule has 0 bridgehead atoms. The molecule has 0 aromatic rings. The van der Waals surface area contributed by atoms with E-state index in [9.17, 15) is 4.79 Å². The first kappa shape index (κ1) is 12.5. The van der Waals surface area contributed by atoms with E-state index in [1.54, 1.807) is 0 Å². The van der Waals surface area contributed by atoms with Gasteiger partial charge in [0.1, 0.15) is 0 Å². The molecule has 1 atom stereocenters. The van der Waals surface area contributed by atoms with Gasteiger partial charge in [0.2, 0.25) is 5.91 Å². The van der Waals surface area contributed by atoms with Crippen LogP contribution >= 0.6 is 0 Å². The van der Waals surface area contributed by atoms with Gasteiger partial charge in [0, 0.05) is 26.1 Å². The first-order valence-corrected chi connectivity index (χ1v) is 6.06. The normalized spacial score (nSPS) is 22.1. The number of carbonyl (C=O) groups is 1. The molecule has 88 valence electrons. The van der Waals surface area contributed by atoms with Crippen LogP contribution in [0.4, 0.5) is 0 Å². The van der Waals surface area contributed by atoms with Gasteiger partial charge in [-0.3, -0.25) is 4.79 Å². The van der Waals surface area contributed by atoms with Crippen molar-refractivity contribution in [3.63, 3.8) is 0 Å². The van der Waals surface area contributed by atoms with Crippen LogP contribution in [0.1, 0.15) is 32.6 Å². The number of piperidine rings is 1. The summed E-state index contributed by atoms with van der Waals surface area (Å²) in [4.78, 5) is 16.0. The van der Waals surface area contributed by atoms with E-state index in [-0.39, 0.29) is 0 Å². The summed E-state index contributed by atoms with van der Waals surface area (Å²) in [6.07, 6.45) is 4.36. The molecule has 1 amide bonds. The summed E-state index contributed by atoms with van der Waals surface area (Å²) in [5, 5.41) is 0. The molecule has 1 unspecified atom stereocenters. The third kappa shape index (κ3) is 4.20. The van der Waals surface area contributed by atoms with Gasteiger partial charge in [-0.1, -0.05) is 13.3 Å². The van der Waals surface area contributed by atoms with E-state index >= 15 is 0 Å². The molecule has 1 aliphatic rings. The zero-order valence-electron chi connectivity index (χ0n) is 10.3. The van der Waals surface area contributed by atoms with Crippen molar-refractivity contribution in [1.29, 1.82) is 0 Å². The van der Waals surface area contributed by atoms with E-state index in [4.69, 9.17) is 0 Å². The maximum Gasteiger partial charge on any atom is 0.223 e. The van der Waals surface area contributed by atoms with Gasteiger partial charge in [-0.15, -0.1) is 0 Å². The fourth-order valence-corrected chi connectivity index (χ4v) is 2.10. The van der Waals surface area contributed by atoms with Crippen LogP contribution in [-0.4, -0.2) is 49.4 Å². The second kappa shape index (κ2) is 6.11. The zero-order valence-corrected chi connectivity index (χ0v) is 10.3. The number of amides is 1. The summed E-state index contributed by atoms with van der Waals surface area (Å²) in [7, 11) is 4.02. The SMILES string of the molecule is CCC1CCCN(C(=O)CCN(C)C)C1. The Bertz CT molecular complexity index is 204. The minimum atomic E-state index is 0.335. The van der Waals surface area contributed by atoms with Crippen molar-refractivity contribution in [1.82, 2.24) is 9.80 Å². The van der Waals surface area contributed by atoms with Crippen molar-refractivity contribution < 1.29 is 4.79 Å². The van der Waals surface area contributed by atoms with Gasteiger partial charge in [0.15, 0.2) is 0 Å². The van der Waals surface area contributed by atoms with Gasteiger partial charge < -0.3 is 9.80 Å². The fourth-order valence-electron chi connectivity index (χ4n) is 2.10. The second-order valence-electron chi connectivity index (χ2n) is 4.81. The molecule has 0 N–H and O–H groups in total. The molecular weight excluding hydrogens is 188 g/mol. The Morgan fingerprint density at radius 3 is 2.80 bits per heavy atom. The first-order valence-electron chi connectivity index (χ1n) is 6.06. The predicted octanol–water partition coefficient (Wildman–Crippen LogP) is 1.59. The standard InChI is InChI=1S/C12H24N2O/c1-4-11-6-5-8-14(10-11)12(15)7-9-13(2)3/h11H,4-10H2,1-3H3. The molecule has 1 fully saturated rings. The van der Waals surface area contributed by atoms with Gasteiger partial charge in [-0.25, -0.2) is 0 Å². The molecular formula is C12H24N2O. The van der Waals surface area contributed by atoms with E-state index in [2.05, 4.69) is 16.7 Å². The summed E-state index contributed by atoms with van der Waals surface area (Å²) in [5.74, 6) is 1.07. The summed E-state index contributed by atoms with van der Waals surface area (Å²) >= 11 is 0. The number of nitrogens with zero attached hydrogens (tertiary/aromatic N) is 2. The van der Waals surface area contributed by atoms with Crippen molar-refractivity contribution in [3.8, 4) is 0 Å². The van der Waals surface area contributed by atoms with Gasteiger partial charge in [-0.2, -0.15) is 0 Å². The summed E-state index contributed by atoms with van der Waals surface area (Å²) in [5.41, 5.74) is 0. The summed E-state index contributed by atoms with van der Waals surface area (Å²) in [6.45, 7) is 5.05. The lowest BCUT2D eigenvalue weighted by molar-refractivity contribution is -0.133. The van der Waals surface area contributed by atoms with Crippen LogP contribution in [0.15, 0.2) is 0 Å². The third-order valence-electron chi connectivity index (χ3n) is 3.22. The Morgan fingerprint density at radius 1 is 1.47 bits per heavy atom. The Kier molecular flexibility index (Phi) is 5.09. The molecule has 3 heteroatoms. The van der Waals surface area contributed by atoms with Crippen LogP contribution in [-0.2, 0) is 4.79 Å². The highest BCUT2D eigenvalue weighted by Gasteiger charge is 2.21. The number of hydrogen-bond donors (Lipinski definition) is 0. The molecule has 0 aromatic carbocycles. The molecule has 0 saturated carbocycles. The predicted molar refractivity (Wildman–Crippen MR) is 62.8 cm³/mol. The number of rotatable bonds is 4. The third-order valence-corrected chi connectivity index (χ3v) is 3.22. The highest BCUT2D eigenvalue weighted by Crippen LogP contribution is 2.19. The summed E-state index contributed by atoms with van der Waals surface area (Å²) < 4.78 is 0. The molecule has 3 nitrogen and oxygen atoms in total. The lowest BCUT2D eigenvalue weighted by Gasteiger charge is -2.32. The minimum absolute atomic E-state index is 0.335. The van der Waals surface area contributed by atoms with E-state index in [1.807, 2.05) is 14.1 Å². The van der Waals surface area contributed by atoms with Crippen LogP contribution in [0.3, 0.4) is 0 Å². The Balaban J connectivity index is 2.32. The lowest BCUT2D eigenvalue weighted by atomic mass is 9.95. The molecule has 1 heterocycles. The van der Waals surface area contributed by atoms with E-state index < -0.39 is 0 Å². The van der Waals surface area contributed by atoms with Crippen LogP contribution in [0.5, 0.6) is 0 Å². The number of likely N-dealkylation sites (tertiary alicyclic amines) is 1. The largest absolute Gasteiger partial charge is 0.342 e. The molecule has 0 radical (unpaired) electrons. The Hall–Kier alpha value is -0.570. The number of hydrogen-bond acceptors (Lipinski definition) is 2. The van der Waals surface area contributed by atoms with Crippen LogP contribution in [0.2, 0.25) is 0 Å². The summed E-state index contributed by atoms with van der Waals surface area (Å²) in [6, 6.07) is 0. The second-order valence-corrected chi connectivity index (χ2v) is 4.81. The maximum atomic E-state index is 11.9. The van der Waals surface area contributed by atoms with Gasteiger partial charge in [0.25, 0.3) is 0 Å². The molecule has 1 saturated heterocycles. The van der Waals surface area contributed by atoms with E-state index in [0.717, 1.165) is 25.6 Å². The molecule has 0 aliphatic carbocycles. The highest BCUT2D eigenvalue weighted by molar-refractivity contribution is 5.76. The highest BCUT2D eigenvalue weighted by atomic mass is 16.2. The molecule has 0 spiro atoms. The lowest BCUT2D eigenvalue weighted by Crippen LogP contribution is -2.40. The van der Waals surface area contributed by atoms with E-state index in [0.29, 0.717) is 12.3 Å². The van der Waals surface area contributed by atoms with Crippen molar-refractivity contribution in [2.45, 2.75) is 32.6 Å². The zero-order chi connectivity index (χ0) is 11.3. The Morgan fingerprint density at radius 2 is 2.20 bits per heavy atom. The average molecular weight is 212 g/mol. The van der Waals surface area contributed by atoms with Crippen LogP contribution < -0.4 is 0 Å². The number of carbonyl (C=O) groups excluding carboxylic acids is 1. The molecule has 1 rings (SSSR count). The fraction of sp³-hybridized carbons (Fsp3) is 0.917.